The van der Waals surface area contributed by atoms with Crippen molar-refractivity contribution in [3.05, 3.63) is 65.7 Å². The Kier molecular flexibility index (Phi) is 6.63. The van der Waals surface area contributed by atoms with E-state index in [9.17, 15) is 35.9 Å². The topological polar surface area (TPSA) is 67.4 Å². The molecule has 0 atom stereocenters. The zero-order valence-electron chi connectivity index (χ0n) is 15.4. The van der Waals surface area contributed by atoms with Crippen molar-refractivity contribution in [1.29, 1.82) is 0 Å². The number of carbonyl (C=O) groups is 2. The summed E-state index contributed by atoms with van der Waals surface area (Å²) in [5.41, 5.74) is -5.88. The number of hydrogen-bond acceptors (Lipinski definition) is 4. The molecular weight excluding hydrogens is 418 g/mol. The minimum atomic E-state index is -5.96. The van der Waals surface area contributed by atoms with Crippen LogP contribution in [0.4, 0.5) is 32.0 Å². The Morgan fingerprint density at radius 1 is 0.833 bits per heavy atom. The number of alkyl halides is 6. The van der Waals surface area contributed by atoms with Crippen LogP contribution in [0.1, 0.15) is 27.6 Å². The molecule has 2 aromatic carbocycles. The molecule has 0 unspecified atom stereocenters. The summed E-state index contributed by atoms with van der Waals surface area (Å²) in [6.45, 7) is 1.57. The average Bonchev–Trinajstić information content (AvgIpc) is 2.67. The van der Waals surface area contributed by atoms with Gasteiger partial charge < -0.3 is 15.4 Å². The van der Waals surface area contributed by atoms with Crippen LogP contribution in [0.3, 0.4) is 0 Å². The van der Waals surface area contributed by atoms with Gasteiger partial charge in [-0.05, 0) is 43.3 Å². The van der Waals surface area contributed by atoms with Crippen LogP contribution in [-0.2, 0) is 4.74 Å². The van der Waals surface area contributed by atoms with Crippen molar-refractivity contribution >= 4 is 17.6 Å². The number of amides is 1. The van der Waals surface area contributed by atoms with Crippen molar-refractivity contribution in [2.24, 2.45) is 0 Å². The number of carbonyl (C=O) groups excluding carboxylic acids is 2. The maximum atomic E-state index is 13.7. The zero-order valence-corrected chi connectivity index (χ0v) is 15.4. The first-order chi connectivity index (χ1) is 13.9. The van der Waals surface area contributed by atoms with Crippen molar-refractivity contribution in [1.82, 2.24) is 5.32 Å². The molecule has 0 aromatic heterocycles. The molecule has 2 aromatic rings. The first-order valence-electron chi connectivity index (χ1n) is 8.47. The van der Waals surface area contributed by atoms with E-state index < -0.39 is 41.1 Å². The van der Waals surface area contributed by atoms with E-state index in [-0.39, 0.29) is 12.2 Å². The van der Waals surface area contributed by atoms with Crippen LogP contribution in [0.5, 0.6) is 0 Å². The van der Waals surface area contributed by atoms with Crippen LogP contribution in [0, 0.1) is 0 Å². The van der Waals surface area contributed by atoms with Gasteiger partial charge >= 0.3 is 24.0 Å². The van der Waals surface area contributed by atoms with E-state index >= 15 is 0 Å². The van der Waals surface area contributed by atoms with E-state index in [1.54, 1.807) is 0 Å². The van der Waals surface area contributed by atoms with E-state index in [4.69, 9.17) is 4.74 Å². The highest BCUT2D eigenvalue weighted by Gasteiger charge is 2.72. The normalized spacial score (nSPS) is 12.2. The van der Waals surface area contributed by atoms with Crippen molar-refractivity contribution in [3.63, 3.8) is 0 Å². The predicted octanol–water partition coefficient (Wildman–Crippen LogP) is 4.53. The van der Waals surface area contributed by atoms with Gasteiger partial charge in [-0.25, -0.2) is 4.79 Å². The maximum Gasteiger partial charge on any atom is 0.439 e. The third-order valence-corrected chi connectivity index (χ3v) is 3.92. The largest absolute Gasteiger partial charge is 0.462 e. The molecule has 162 valence electrons. The lowest BCUT2D eigenvalue weighted by Crippen LogP contribution is -2.72. The molecule has 0 radical (unpaired) electrons. The van der Waals surface area contributed by atoms with Crippen molar-refractivity contribution in [2.45, 2.75) is 24.9 Å². The van der Waals surface area contributed by atoms with Gasteiger partial charge in [-0.2, -0.15) is 26.3 Å². The molecule has 0 saturated heterocycles. The van der Waals surface area contributed by atoms with Crippen LogP contribution < -0.4 is 10.6 Å². The molecule has 30 heavy (non-hydrogen) atoms. The first-order valence-corrected chi connectivity index (χ1v) is 8.47. The monoisotopic (exact) mass is 434 g/mol. The highest BCUT2D eigenvalue weighted by molar-refractivity contribution is 5.95. The number of benzene rings is 2. The lowest BCUT2D eigenvalue weighted by molar-refractivity contribution is -0.294. The van der Waals surface area contributed by atoms with Gasteiger partial charge in [0.2, 0.25) is 0 Å². The van der Waals surface area contributed by atoms with Gasteiger partial charge in [-0.1, -0.05) is 18.2 Å². The van der Waals surface area contributed by atoms with Crippen LogP contribution in [-0.4, -0.2) is 36.5 Å². The summed E-state index contributed by atoms with van der Waals surface area (Å²) in [5.74, 6) is -2.37. The molecular formula is C19H16F6N2O3. The summed E-state index contributed by atoms with van der Waals surface area (Å²) in [5, 5.41) is 2.38. The van der Waals surface area contributed by atoms with E-state index in [1.165, 1.54) is 30.4 Å². The number of hydrogen-bond donors (Lipinski definition) is 2. The zero-order chi connectivity index (χ0) is 22.6. The molecule has 0 fully saturated rings. The van der Waals surface area contributed by atoms with Crippen LogP contribution in [0.25, 0.3) is 0 Å². The number of ether oxygens (including phenoxy) is 1. The van der Waals surface area contributed by atoms with E-state index in [2.05, 4.69) is 0 Å². The summed E-state index contributed by atoms with van der Waals surface area (Å²) in [6.07, 6.45) is -11.9. The standard InChI is InChI=1S/C19H16F6N2O3/c1-2-30-16(29)13-8-10-14(11-9-13)26-17(18(20,21)22,19(23,24)25)27-15(28)12-6-4-3-5-7-12/h3-11,26H,2H2,1H3,(H,27,28). The SMILES string of the molecule is CCOC(=O)c1ccc(NC(NC(=O)c2ccccc2)(C(F)(F)F)C(F)(F)F)cc1. The molecule has 0 heterocycles. The van der Waals surface area contributed by atoms with Gasteiger partial charge in [-0.3, -0.25) is 4.79 Å². The lowest BCUT2D eigenvalue weighted by Gasteiger charge is -2.39. The van der Waals surface area contributed by atoms with Crippen LogP contribution in [0.2, 0.25) is 0 Å². The number of halogens is 6. The third-order valence-electron chi connectivity index (χ3n) is 3.92. The third kappa shape index (κ3) is 4.84. The second kappa shape index (κ2) is 8.64. The quantitative estimate of drug-likeness (QED) is 0.399. The van der Waals surface area contributed by atoms with E-state index in [0.717, 1.165) is 41.7 Å². The van der Waals surface area contributed by atoms with Crippen LogP contribution in [0.15, 0.2) is 54.6 Å². The summed E-state index contributed by atoms with van der Waals surface area (Å²) >= 11 is 0. The Balaban J connectivity index is 2.43. The fraction of sp³-hybridized carbons (Fsp3) is 0.263. The Bertz CT molecular complexity index is 866. The average molecular weight is 434 g/mol. The van der Waals surface area contributed by atoms with Crippen molar-refractivity contribution in [3.8, 4) is 0 Å². The first kappa shape index (κ1) is 23.0. The molecule has 0 bridgehead atoms. The summed E-state index contributed by atoms with van der Waals surface area (Å²) < 4.78 is 86.7. The second-order valence-electron chi connectivity index (χ2n) is 5.99. The molecule has 2 N–H and O–H groups in total. The van der Waals surface area contributed by atoms with Crippen LogP contribution >= 0.6 is 0 Å². The molecule has 2 rings (SSSR count). The molecule has 0 aliphatic carbocycles. The van der Waals surface area contributed by atoms with E-state index in [0.29, 0.717) is 0 Å². The minimum Gasteiger partial charge on any atom is -0.462 e. The molecule has 0 spiro atoms. The molecule has 5 nitrogen and oxygen atoms in total. The number of esters is 1. The molecule has 11 heteroatoms. The maximum absolute atomic E-state index is 13.7. The summed E-state index contributed by atoms with van der Waals surface area (Å²) in [7, 11) is 0. The number of nitrogens with one attached hydrogen (secondary N) is 2. The molecule has 1 amide bonds. The van der Waals surface area contributed by atoms with Gasteiger partial charge in [0.25, 0.3) is 5.91 Å². The van der Waals surface area contributed by atoms with Gasteiger partial charge in [0, 0.05) is 11.3 Å². The number of rotatable bonds is 6. The summed E-state index contributed by atoms with van der Waals surface area (Å²) in [4.78, 5) is 23.7. The Labute approximate surface area is 167 Å². The Morgan fingerprint density at radius 2 is 1.37 bits per heavy atom. The number of anilines is 1. The Hall–Kier alpha value is -3.24. The molecule has 0 aliphatic rings. The predicted molar refractivity (Wildman–Crippen MR) is 94.8 cm³/mol. The molecule has 0 aliphatic heterocycles. The second-order valence-corrected chi connectivity index (χ2v) is 5.99. The van der Waals surface area contributed by atoms with E-state index in [1.807, 2.05) is 0 Å². The highest BCUT2D eigenvalue weighted by Crippen LogP contribution is 2.43. The lowest BCUT2D eigenvalue weighted by atomic mass is 10.1. The fourth-order valence-electron chi connectivity index (χ4n) is 2.43. The highest BCUT2D eigenvalue weighted by atomic mass is 19.4. The van der Waals surface area contributed by atoms with Gasteiger partial charge in [-0.15, -0.1) is 0 Å². The van der Waals surface area contributed by atoms with Crippen molar-refractivity contribution < 1.29 is 40.7 Å². The van der Waals surface area contributed by atoms with Gasteiger partial charge in [0.05, 0.1) is 12.2 Å². The Morgan fingerprint density at radius 3 is 1.83 bits per heavy atom. The fourth-order valence-corrected chi connectivity index (χ4v) is 2.43. The van der Waals surface area contributed by atoms with Crippen molar-refractivity contribution in [2.75, 3.05) is 11.9 Å². The van der Waals surface area contributed by atoms with Gasteiger partial charge in [0.1, 0.15) is 0 Å². The molecule has 0 saturated carbocycles. The van der Waals surface area contributed by atoms with Gasteiger partial charge in [0.15, 0.2) is 0 Å². The minimum absolute atomic E-state index is 0.0373. The smallest absolute Gasteiger partial charge is 0.439 e. The summed E-state index contributed by atoms with van der Waals surface area (Å²) in [6, 6.07) is 9.84.